The third-order valence-electron chi connectivity index (χ3n) is 2.64. The summed E-state index contributed by atoms with van der Waals surface area (Å²) in [5.41, 5.74) is 4.59. The molecule has 18 heavy (non-hydrogen) atoms. The topological polar surface area (TPSA) is 0 Å². The van der Waals surface area contributed by atoms with Crippen molar-refractivity contribution in [2.24, 2.45) is 5.41 Å². The zero-order valence-electron chi connectivity index (χ0n) is 13.1. The summed E-state index contributed by atoms with van der Waals surface area (Å²) in [5, 5.41) is 0. The van der Waals surface area contributed by atoms with Crippen LogP contribution in [0.1, 0.15) is 59.1 Å². The molecule has 0 saturated carbocycles. The third-order valence-corrected chi connectivity index (χ3v) is 2.64. The molecule has 1 aromatic carbocycles. The van der Waals surface area contributed by atoms with E-state index in [1.807, 2.05) is 0 Å². The van der Waals surface area contributed by atoms with Crippen LogP contribution in [-0.2, 0) is 12.8 Å². The summed E-state index contributed by atoms with van der Waals surface area (Å²) in [7, 11) is 0. The standard InChI is InChI=1S/C10H14.C8H16/c1-3-9-6-5-7-10(4-2)8-9;1-7(2)6-8(3,4)5/h5-8H,3-4H2,1-2H3;1,6H2,2-5H3. The largest absolute Gasteiger partial charge is 0.100 e. The molecule has 0 nitrogen and oxygen atoms in total. The van der Waals surface area contributed by atoms with Crippen molar-refractivity contribution in [3.63, 3.8) is 0 Å². The number of aryl methyl sites for hydroxylation is 2. The monoisotopic (exact) mass is 246 g/mol. The highest BCUT2D eigenvalue weighted by Gasteiger charge is 2.08. The Balaban J connectivity index is 0.000000331. The van der Waals surface area contributed by atoms with Crippen molar-refractivity contribution in [2.75, 3.05) is 0 Å². The van der Waals surface area contributed by atoms with Gasteiger partial charge >= 0.3 is 0 Å². The predicted molar refractivity (Wildman–Crippen MR) is 84.1 cm³/mol. The summed E-state index contributed by atoms with van der Waals surface area (Å²) in [5.74, 6) is 0. The summed E-state index contributed by atoms with van der Waals surface area (Å²) in [6, 6.07) is 8.77. The Morgan fingerprint density at radius 1 is 1.06 bits per heavy atom. The maximum Gasteiger partial charge on any atom is -0.0277 e. The van der Waals surface area contributed by atoms with Gasteiger partial charge in [-0.25, -0.2) is 0 Å². The highest BCUT2D eigenvalue weighted by molar-refractivity contribution is 5.23. The molecule has 102 valence electrons. The van der Waals surface area contributed by atoms with Crippen molar-refractivity contribution in [1.82, 2.24) is 0 Å². The Bertz CT molecular complexity index is 333. The molecule has 0 amide bonds. The van der Waals surface area contributed by atoms with Crippen LogP contribution in [0.5, 0.6) is 0 Å². The summed E-state index contributed by atoms with van der Waals surface area (Å²) in [4.78, 5) is 0. The molecule has 0 heteroatoms. The van der Waals surface area contributed by atoms with Gasteiger partial charge in [-0.3, -0.25) is 0 Å². The lowest BCUT2D eigenvalue weighted by atomic mass is 9.89. The molecular formula is C18H30. The smallest absolute Gasteiger partial charge is 0.0277 e. The normalized spacial score (nSPS) is 10.6. The fourth-order valence-corrected chi connectivity index (χ4v) is 1.97. The SMILES string of the molecule is C=C(C)CC(C)(C)C.CCc1cccc(CC)c1. The van der Waals surface area contributed by atoms with E-state index in [9.17, 15) is 0 Å². The minimum absolute atomic E-state index is 0.422. The molecule has 0 aliphatic carbocycles. The Hall–Kier alpha value is -1.04. The Labute approximate surface area is 114 Å². The zero-order valence-corrected chi connectivity index (χ0v) is 13.1. The number of allylic oxidation sites excluding steroid dienone is 1. The predicted octanol–water partition coefficient (Wildman–Crippen LogP) is 5.81. The van der Waals surface area contributed by atoms with Gasteiger partial charge in [0.1, 0.15) is 0 Å². The number of hydrogen-bond acceptors (Lipinski definition) is 0. The average Bonchev–Trinajstić information content (AvgIpc) is 2.26. The van der Waals surface area contributed by atoms with Crippen molar-refractivity contribution in [3.8, 4) is 0 Å². The van der Waals surface area contributed by atoms with E-state index in [1.54, 1.807) is 0 Å². The quantitative estimate of drug-likeness (QED) is 0.590. The van der Waals surface area contributed by atoms with Crippen LogP contribution in [0.25, 0.3) is 0 Å². The molecule has 0 aliphatic rings. The Morgan fingerprint density at radius 2 is 1.50 bits per heavy atom. The molecule has 0 spiro atoms. The molecule has 0 fully saturated rings. The lowest BCUT2D eigenvalue weighted by Crippen LogP contribution is -2.03. The van der Waals surface area contributed by atoms with Gasteiger partial charge in [-0.05, 0) is 42.7 Å². The molecule has 0 bridgehead atoms. The van der Waals surface area contributed by atoms with Crippen LogP contribution in [0.4, 0.5) is 0 Å². The van der Waals surface area contributed by atoms with E-state index in [0.29, 0.717) is 5.41 Å². The van der Waals surface area contributed by atoms with Gasteiger partial charge in [0.25, 0.3) is 0 Å². The van der Waals surface area contributed by atoms with Gasteiger partial charge in [0.2, 0.25) is 0 Å². The average molecular weight is 246 g/mol. The van der Waals surface area contributed by atoms with Crippen molar-refractivity contribution < 1.29 is 0 Å². The summed E-state index contributed by atoms with van der Waals surface area (Å²) >= 11 is 0. The lowest BCUT2D eigenvalue weighted by molar-refractivity contribution is 0.410. The van der Waals surface area contributed by atoms with E-state index >= 15 is 0 Å². The second-order valence-corrected chi connectivity index (χ2v) is 6.22. The molecule has 0 atom stereocenters. The first-order valence-electron chi connectivity index (χ1n) is 7.00. The molecule has 0 saturated heterocycles. The molecule has 1 rings (SSSR count). The summed E-state index contributed by atoms with van der Waals surface area (Å²) in [6.07, 6.45) is 3.43. The van der Waals surface area contributed by atoms with Gasteiger partial charge in [0.05, 0.1) is 0 Å². The molecule has 1 aromatic rings. The van der Waals surface area contributed by atoms with Gasteiger partial charge in [-0.15, -0.1) is 6.58 Å². The number of benzene rings is 1. The second-order valence-electron chi connectivity index (χ2n) is 6.22. The summed E-state index contributed by atoms with van der Waals surface area (Å²) in [6.45, 7) is 17.0. The molecule has 0 radical (unpaired) electrons. The molecular weight excluding hydrogens is 216 g/mol. The maximum absolute atomic E-state index is 3.84. The lowest BCUT2D eigenvalue weighted by Gasteiger charge is -2.17. The van der Waals surface area contributed by atoms with Crippen molar-refractivity contribution in [3.05, 3.63) is 47.5 Å². The van der Waals surface area contributed by atoms with Gasteiger partial charge in [-0.1, -0.05) is 64.5 Å². The van der Waals surface area contributed by atoms with Crippen LogP contribution in [0, 0.1) is 5.41 Å². The van der Waals surface area contributed by atoms with Crippen LogP contribution >= 0.6 is 0 Å². The fraction of sp³-hybridized carbons (Fsp3) is 0.556. The van der Waals surface area contributed by atoms with Crippen LogP contribution < -0.4 is 0 Å². The zero-order chi connectivity index (χ0) is 14.2. The Morgan fingerprint density at radius 3 is 1.72 bits per heavy atom. The van der Waals surface area contributed by atoms with Crippen LogP contribution in [0.2, 0.25) is 0 Å². The van der Waals surface area contributed by atoms with E-state index in [4.69, 9.17) is 0 Å². The van der Waals surface area contributed by atoms with Gasteiger partial charge in [-0.2, -0.15) is 0 Å². The second kappa shape index (κ2) is 8.13. The first-order valence-corrected chi connectivity index (χ1v) is 7.00. The van der Waals surface area contributed by atoms with Crippen molar-refractivity contribution in [2.45, 2.75) is 60.8 Å². The number of hydrogen-bond donors (Lipinski definition) is 0. The molecule has 0 aromatic heterocycles. The fourth-order valence-electron chi connectivity index (χ4n) is 1.97. The Kier molecular flexibility index (Phi) is 7.66. The first-order chi connectivity index (χ1) is 8.28. The third kappa shape index (κ3) is 9.04. The summed E-state index contributed by atoms with van der Waals surface area (Å²) < 4.78 is 0. The molecule has 0 unspecified atom stereocenters. The first kappa shape index (κ1) is 17.0. The van der Waals surface area contributed by atoms with Gasteiger partial charge in [0.15, 0.2) is 0 Å². The number of rotatable bonds is 3. The van der Waals surface area contributed by atoms with Crippen molar-refractivity contribution >= 4 is 0 Å². The van der Waals surface area contributed by atoms with Crippen molar-refractivity contribution in [1.29, 1.82) is 0 Å². The van der Waals surface area contributed by atoms with Gasteiger partial charge in [0, 0.05) is 0 Å². The van der Waals surface area contributed by atoms with Crippen LogP contribution in [0.3, 0.4) is 0 Å². The minimum atomic E-state index is 0.422. The van der Waals surface area contributed by atoms with Gasteiger partial charge < -0.3 is 0 Å². The highest BCUT2D eigenvalue weighted by atomic mass is 14.1. The highest BCUT2D eigenvalue weighted by Crippen LogP contribution is 2.22. The maximum atomic E-state index is 3.84. The van der Waals surface area contributed by atoms with E-state index in [0.717, 1.165) is 19.3 Å². The van der Waals surface area contributed by atoms with E-state index in [-0.39, 0.29) is 0 Å². The molecule has 0 aliphatic heterocycles. The molecule has 0 heterocycles. The minimum Gasteiger partial charge on any atom is -0.100 e. The van der Waals surface area contributed by atoms with Crippen LogP contribution in [-0.4, -0.2) is 0 Å². The van der Waals surface area contributed by atoms with E-state index < -0.39 is 0 Å². The van der Waals surface area contributed by atoms with Crippen LogP contribution in [0.15, 0.2) is 36.4 Å². The molecule has 0 N–H and O–H groups in total. The van der Waals surface area contributed by atoms with E-state index in [2.05, 4.69) is 72.4 Å². The van der Waals surface area contributed by atoms with E-state index in [1.165, 1.54) is 16.7 Å².